The Balaban J connectivity index is 2.31. The van der Waals surface area contributed by atoms with Crippen LogP contribution in [0, 0.1) is 0 Å². The van der Waals surface area contributed by atoms with E-state index in [-0.39, 0.29) is 0 Å². The first-order chi connectivity index (χ1) is 11.4. The lowest BCUT2D eigenvalue weighted by Crippen LogP contribution is -2.38. The number of hydrogen-bond donors (Lipinski definition) is 6. The first kappa shape index (κ1) is 20.1. The van der Waals surface area contributed by atoms with Gasteiger partial charge in [0.15, 0.2) is 6.23 Å². The second kappa shape index (κ2) is 7.21. The van der Waals surface area contributed by atoms with E-state index in [1.807, 2.05) is 4.98 Å². The predicted octanol–water partition coefficient (Wildman–Crippen LogP) is -2.62. The smallest absolute Gasteiger partial charge is 0.386 e. The van der Waals surface area contributed by atoms with Gasteiger partial charge >= 0.3 is 21.3 Å². The highest BCUT2D eigenvalue weighted by molar-refractivity contribution is 7.46. The molecule has 0 amide bonds. The number of aromatic amines is 1. The molecule has 1 saturated heterocycles. The Labute approximate surface area is 138 Å². The maximum Gasteiger partial charge on any atom is 0.470 e. The van der Waals surface area contributed by atoms with Crippen LogP contribution in [0.25, 0.3) is 0 Å². The van der Waals surface area contributed by atoms with Crippen LogP contribution in [0.2, 0.25) is 0 Å². The van der Waals surface area contributed by atoms with E-state index >= 15 is 0 Å². The molecule has 0 unspecified atom stereocenters. The zero-order valence-electron chi connectivity index (χ0n) is 12.1. The van der Waals surface area contributed by atoms with Gasteiger partial charge in [0, 0.05) is 12.3 Å². The normalized spacial score (nSPS) is 27.6. The highest BCUT2D eigenvalue weighted by Crippen LogP contribution is 2.45. The Morgan fingerprint density at radius 1 is 1.20 bits per heavy atom. The van der Waals surface area contributed by atoms with E-state index in [0.717, 1.165) is 12.3 Å². The summed E-state index contributed by atoms with van der Waals surface area (Å²) in [5.74, 6) is 0. The third kappa shape index (κ3) is 5.39. The fraction of sp³-hybridized carbons (Fsp3) is 0.556. The Morgan fingerprint density at radius 2 is 1.84 bits per heavy atom. The minimum absolute atomic E-state index is 0.708. The topological polar surface area (TPSA) is 218 Å². The van der Waals surface area contributed by atoms with Crippen LogP contribution < -0.4 is 11.2 Å². The highest BCUT2D eigenvalue weighted by Gasteiger charge is 2.49. The molecule has 1 fully saturated rings. The molecule has 1 aromatic heterocycles. The molecule has 0 aromatic carbocycles. The van der Waals surface area contributed by atoms with E-state index in [4.69, 9.17) is 24.3 Å². The molecule has 0 aliphatic carbocycles. The number of hydrogen-bond acceptors (Lipinski definition) is 8. The molecule has 1 aliphatic rings. The molecule has 142 valence electrons. The van der Waals surface area contributed by atoms with Gasteiger partial charge in [-0.3, -0.25) is 23.4 Å². The fourth-order valence-corrected chi connectivity index (χ4v) is 3.09. The van der Waals surface area contributed by atoms with E-state index in [0.29, 0.717) is 4.57 Å². The van der Waals surface area contributed by atoms with Gasteiger partial charge in [-0.2, -0.15) is 0 Å². The van der Waals surface area contributed by atoms with Crippen molar-refractivity contribution in [1.82, 2.24) is 9.55 Å². The van der Waals surface area contributed by atoms with Gasteiger partial charge in [-0.05, 0) is 0 Å². The summed E-state index contributed by atoms with van der Waals surface area (Å²) in [6.45, 7) is -0.902. The van der Waals surface area contributed by atoms with Crippen molar-refractivity contribution in [3.05, 3.63) is 33.1 Å². The second-order valence-corrected chi connectivity index (χ2v) is 7.35. The first-order valence-electron chi connectivity index (χ1n) is 6.46. The molecule has 0 radical (unpaired) electrons. The predicted molar refractivity (Wildman–Crippen MR) is 76.2 cm³/mol. The number of aliphatic hydroxyl groups is 1. The molecule has 0 spiro atoms. The monoisotopic (exact) mass is 404 g/mol. The standard InChI is InChI=1S/C9H14N2O12P2/c12-5-1-2-11(9(14)10-5)8-6(13)7(23-25(18,19)20)4(22-8)3-21-24(15,16)17/h1-2,4,6-8,13H,3H2,(H,10,12,14)(H2,15,16,17)(H2,18,19,20)/t4-,6-,7+,8+/m0/s1. The van der Waals surface area contributed by atoms with Gasteiger partial charge in [0.05, 0.1) is 6.61 Å². The third-order valence-corrected chi connectivity index (χ3v) is 4.10. The summed E-state index contributed by atoms with van der Waals surface area (Å²) >= 11 is 0. The van der Waals surface area contributed by atoms with Crippen LogP contribution >= 0.6 is 15.6 Å². The van der Waals surface area contributed by atoms with Crippen molar-refractivity contribution in [2.24, 2.45) is 0 Å². The van der Waals surface area contributed by atoms with Crippen LogP contribution in [-0.4, -0.2) is 59.2 Å². The van der Waals surface area contributed by atoms with Crippen LogP contribution in [0.3, 0.4) is 0 Å². The summed E-state index contributed by atoms with van der Waals surface area (Å²) in [6.07, 6.45) is -5.77. The van der Waals surface area contributed by atoms with E-state index in [9.17, 15) is 23.8 Å². The van der Waals surface area contributed by atoms with Crippen molar-refractivity contribution in [2.75, 3.05) is 6.61 Å². The summed E-state index contributed by atoms with van der Waals surface area (Å²) in [5, 5.41) is 10.2. The zero-order chi connectivity index (χ0) is 19.0. The van der Waals surface area contributed by atoms with Crippen LogP contribution in [0.1, 0.15) is 6.23 Å². The second-order valence-electron chi connectivity index (χ2n) is 4.92. The average molecular weight is 404 g/mol. The minimum Gasteiger partial charge on any atom is -0.386 e. The van der Waals surface area contributed by atoms with E-state index < -0.39 is 58.0 Å². The zero-order valence-corrected chi connectivity index (χ0v) is 13.9. The highest BCUT2D eigenvalue weighted by atomic mass is 31.2. The first-order valence-corrected chi connectivity index (χ1v) is 9.52. The molecular weight excluding hydrogens is 390 g/mol. The Bertz CT molecular complexity index is 822. The lowest BCUT2D eigenvalue weighted by Gasteiger charge is -2.20. The van der Waals surface area contributed by atoms with Crippen molar-refractivity contribution in [1.29, 1.82) is 0 Å². The number of ether oxygens (including phenoxy) is 1. The molecule has 14 nitrogen and oxygen atoms in total. The van der Waals surface area contributed by atoms with Gasteiger partial charge in [-0.1, -0.05) is 0 Å². The molecule has 0 saturated carbocycles. The van der Waals surface area contributed by atoms with Crippen LogP contribution in [0.4, 0.5) is 0 Å². The van der Waals surface area contributed by atoms with Crippen molar-refractivity contribution < 1.29 is 47.6 Å². The maximum absolute atomic E-state index is 11.8. The summed E-state index contributed by atoms with van der Waals surface area (Å²) in [6, 6.07) is 0.926. The Kier molecular flexibility index (Phi) is 5.81. The van der Waals surface area contributed by atoms with Gasteiger partial charge in [-0.15, -0.1) is 0 Å². The molecule has 4 atom stereocenters. The lowest BCUT2D eigenvalue weighted by atomic mass is 10.1. The number of aromatic nitrogens is 2. The molecule has 6 N–H and O–H groups in total. The van der Waals surface area contributed by atoms with Crippen LogP contribution in [0.15, 0.2) is 21.9 Å². The summed E-state index contributed by atoms with van der Waals surface area (Å²) in [4.78, 5) is 59.9. The van der Waals surface area contributed by atoms with Gasteiger partial charge < -0.3 is 29.4 Å². The van der Waals surface area contributed by atoms with E-state index in [2.05, 4.69) is 9.05 Å². The molecule has 2 heterocycles. The molecule has 1 aliphatic heterocycles. The number of phosphoric acid groups is 2. The Morgan fingerprint density at radius 3 is 2.36 bits per heavy atom. The van der Waals surface area contributed by atoms with E-state index in [1.165, 1.54) is 0 Å². The molecule has 1 aromatic rings. The van der Waals surface area contributed by atoms with E-state index in [1.54, 1.807) is 0 Å². The molecule has 25 heavy (non-hydrogen) atoms. The number of nitrogens with zero attached hydrogens (tertiary/aromatic N) is 1. The third-order valence-electron chi connectivity index (χ3n) is 3.10. The maximum atomic E-state index is 11.8. The fourth-order valence-electron chi connectivity index (χ4n) is 2.17. The number of rotatable bonds is 6. The summed E-state index contributed by atoms with van der Waals surface area (Å²) < 4.78 is 36.3. The van der Waals surface area contributed by atoms with Crippen molar-refractivity contribution >= 4 is 15.6 Å². The van der Waals surface area contributed by atoms with Crippen LogP contribution in [-0.2, 0) is 22.9 Å². The van der Waals surface area contributed by atoms with Crippen molar-refractivity contribution in [3.8, 4) is 0 Å². The minimum atomic E-state index is -5.13. The number of nitrogens with one attached hydrogen (secondary N) is 1. The Hall–Kier alpha value is -1.18. The molecular formula is C9H14N2O12P2. The lowest BCUT2D eigenvalue weighted by molar-refractivity contribution is -0.0541. The molecule has 0 bridgehead atoms. The van der Waals surface area contributed by atoms with Crippen LogP contribution in [0.5, 0.6) is 0 Å². The van der Waals surface area contributed by atoms with Gasteiger partial charge in [0.1, 0.15) is 18.3 Å². The van der Waals surface area contributed by atoms with Gasteiger partial charge in [-0.25, -0.2) is 13.9 Å². The van der Waals surface area contributed by atoms with Gasteiger partial charge in [0.2, 0.25) is 0 Å². The average Bonchev–Trinajstić information content (AvgIpc) is 2.72. The van der Waals surface area contributed by atoms with Crippen molar-refractivity contribution in [3.63, 3.8) is 0 Å². The largest absolute Gasteiger partial charge is 0.470 e. The number of H-pyrrole nitrogens is 1. The number of phosphoric ester groups is 2. The van der Waals surface area contributed by atoms with Gasteiger partial charge in [0.25, 0.3) is 5.56 Å². The quantitative estimate of drug-likeness (QED) is 0.269. The van der Waals surface area contributed by atoms with Crippen molar-refractivity contribution in [2.45, 2.75) is 24.5 Å². The number of aliphatic hydroxyl groups excluding tert-OH is 1. The summed E-state index contributed by atoms with van der Waals surface area (Å²) in [5.41, 5.74) is -1.74. The SMILES string of the molecule is O=c1ccn([C@@H]2O[C@@H](COP(=O)(O)O)[C@@H](OP(=O)(O)O)[C@@H]2O)c(=O)[nH]1. The summed E-state index contributed by atoms with van der Waals surface area (Å²) in [7, 11) is -10.1. The molecule has 16 heteroatoms. The molecule has 2 rings (SSSR count).